The van der Waals surface area contributed by atoms with Crippen molar-refractivity contribution in [2.24, 2.45) is 0 Å². The van der Waals surface area contributed by atoms with E-state index in [1.54, 1.807) is 11.3 Å². The van der Waals surface area contributed by atoms with Gasteiger partial charge in [-0.3, -0.25) is 4.79 Å². The monoisotopic (exact) mass is 290 g/mol. The second-order valence-electron chi connectivity index (χ2n) is 5.10. The Morgan fingerprint density at radius 3 is 3.15 bits per heavy atom. The molecule has 0 saturated carbocycles. The van der Waals surface area contributed by atoms with Crippen LogP contribution in [0.1, 0.15) is 18.4 Å². The van der Waals surface area contributed by atoms with Gasteiger partial charge in [0.2, 0.25) is 5.91 Å². The number of rotatable bonds is 3. The van der Waals surface area contributed by atoms with Gasteiger partial charge < -0.3 is 9.64 Å². The maximum absolute atomic E-state index is 12.2. The summed E-state index contributed by atoms with van der Waals surface area (Å²) in [6.07, 6.45) is 1.41. The van der Waals surface area contributed by atoms with Gasteiger partial charge in [-0.2, -0.15) is 0 Å². The summed E-state index contributed by atoms with van der Waals surface area (Å²) in [6.45, 7) is 4.07. The van der Waals surface area contributed by atoms with Crippen LogP contribution in [0.2, 0.25) is 0 Å². The lowest BCUT2D eigenvalue weighted by Gasteiger charge is -2.31. The molecule has 0 N–H and O–H groups in total. The smallest absolute Gasteiger partial charge is 0.223 e. The lowest BCUT2D eigenvalue weighted by Crippen LogP contribution is -2.44. The zero-order chi connectivity index (χ0) is 13.9. The third-order valence-corrected chi connectivity index (χ3v) is 4.58. The van der Waals surface area contributed by atoms with Crippen LogP contribution >= 0.6 is 11.3 Å². The van der Waals surface area contributed by atoms with Crippen LogP contribution in [0.15, 0.2) is 24.3 Å². The van der Waals surface area contributed by atoms with Crippen LogP contribution in [-0.2, 0) is 16.0 Å². The number of ether oxygens (including phenoxy) is 1. The van der Waals surface area contributed by atoms with E-state index in [9.17, 15) is 4.79 Å². The van der Waals surface area contributed by atoms with Gasteiger partial charge in [0.25, 0.3) is 0 Å². The van der Waals surface area contributed by atoms with Crippen LogP contribution in [0.5, 0.6) is 0 Å². The highest BCUT2D eigenvalue weighted by molar-refractivity contribution is 7.18. The van der Waals surface area contributed by atoms with Crippen molar-refractivity contribution in [1.29, 1.82) is 0 Å². The van der Waals surface area contributed by atoms with Crippen LogP contribution < -0.4 is 0 Å². The molecule has 0 bridgehead atoms. The Hall–Kier alpha value is -1.46. The summed E-state index contributed by atoms with van der Waals surface area (Å²) < 4.78 is 6.65. The summed E-state index contributed by atoms with van der Waals surface area (Å²) in [4.78, 5) is 18.7. The summed E-state index contributed by atoms with van der Waals surface area (Å²) in [5.74, 6) is 0.208. The van der Waals surface area contributed by atoms with E-state index in [2.05, 4.69) is 11.1 Å². The SMILES string of the molecule is C[C@H]1CN(C(=O)CCc2nc3ccccc3s2)CCO1. The van der Waals surface area contributed by atoms with Crippen molar-refractivity contribution in [3.05, 3.63) is 29.3 Å². The fourth-order valence-electron chi connectivity index (χ4n) is 2.44. The van der Waals surface area contributed by atoms with Gasteiger partial charge in [0.1, 0.15) is 0 Å². The normalized spacial score (nSPS) is 19.4. The number of para-hydroxylation sites is 1. The number of benzene rings is 1. The summed E-state index contributed by atoms with van der Waals surface area (Å²) in [5, 5.41) is 1.04. The highest BCUT2D eigenvalue weighted by Crippen LogP contribution is 2.22. The van der Waals surface area contributed by atoms with E-state index in [1.165, 1.54) is 4.70 Å². The molecule has 1 aromatic heterocycles. The third kappa shape index (κ3) is 2.99. The lowest BCUT2D eigenvalue weighted by molar-refractivity contribution is -0.138. The molecular formula is C15H18N2O2S. The minimum atomic E-state index is 0.148. The molecule has 5 heteroatoms. The second-order valence-corrected chi connectivity index (χ2v) is 6.21. The van der Waals surface area contributed by atoms with E-state index >= 15 is 0 Å². The van der Waals surface area contributed by atoms with Crippen LogP contribution in [0.3, 0.4) is 0 Å². The van der Waals surface area contributed by atoms with E-state index < -0.39 is 0 Å². The predicted molar refractivity (Wildman–Crippen MR) is 79.9 cm³/mol. The molecule has 1 atom stereocenters. The number of carbonyl (C=O) groups is 1. The molecule has 2 heterocycles. The third-order valence-electron chi connectivity index (χ3n) is 3.48. The highest BCUT2D eigenvalue weighted by Gasteiger charge is 2.21. The van der Waals surface area contributed by atoms with Crippen molar-refractivity contribution in [1.82, 2.24) is 9.88 Å². The van der Waals surface area contributed by atoms with Crippen molar-refractivity contribution in [2.75, 3.05) is 19.7 Å². The molecule has 106 valence electrons. The molecule has 1 aliphatic heterocycles. The van der Waals surface area contributed by atoms with Crippen LogP contribution in [0.25, 0.3) is 10.2 Å². The molecule has 0 spiro atoms. The van der Waals surface area contributed by atoms with Crippen molar-refractivity contribution in [2.45, 2.75) is 25.9 Å². The van der Waals surface area contributed by atoms with Gasteiger partial charge in [0.15, 0.2) is 0 Å². The van der Waals surface area contributed by atoms with Crippen LogP contribution in [0, 0.1) is 0 Å². The molecule has 2 aromatic rings. The molecule has 1 fully saturated rings. The molecule has 0 unspecified atom stereocenters. The number of aromatic nitrogens is 1. The zero-order valence-electron chi connectivity index (χ0n) is 11.5. The van der Waals surface area contributed by atoms with Crippen molar-refractivity contribution in [3.8, 4) is 0 Å². The highest BCUT2D eigenvalue weighted by atomic mass is 32.1. The fourth-order valence-corrected chi connectivity index (χ4v) is 3.41. The van der Waals surface area contributed by atoms with Crippen molar-refractivity contribution in [3.63, 3.8) is 0 Å². The number of nitrogens with zero attached hydrogens (tertiary/aromatic N) is 2. The van der Waals surface area contributed by atoms with Gasteiger partial charge in [-0.05, 0) is 19.1 Å². The van der Waals surface area contributed by atoms with Gasteiger partial charge in [-0.25, -0.2) is 4.98 Å². The molecule has 1 saturated heterocycles. The first-order valence-electron chi connectivity index (χ1n) is 6.96. The Balaban J connectivity index is 1.59. The Labute approximate surface area is 122 Å². The van der Waals surface area contributed by atoms with Gasteiger partial charge in [-0.15, -0.1) is 11.3 Å². The van der Waals surface area contributed by atoms with E-state index in [4.69, 9.17) is 4.74 Å². The summed E-state index contributed by atoms with van der Waals surface area (Å²) in [6, 6.07) is 8.10. The minimum absolute atomic E-state index is 0.148. The van der Waals surface area contributed by atoms with E-state index in [-0.39, 0.29) is 12.0 Å². The standard InChI is InChI=1S/C15H18N2O2S/c1-11-10-17(8-9-19-11)15(18)7-6-14-16-12-4-2-3-5-13(12)20-14/h2-5,11H,6-10H2,1H3/t11-/m0/s1. The molecule has 1 amide bonds. The Morgan fingerprint density at radius 1 is 1.50 bits per heavy atom. The number of amides is 1. The Bertz CT molecular complexity index is 578. The molecule has 1 aromatic carbocycles. The largest absolute Gasteiger partial charge is 0.375 e. The fraction of sp³-hybridized carbons (Fsp3) is 0.467. The number of hydrogen-bond donors (Lipinski definition) is 0. The van der Waals surface area contributed by atoms with Gasteiger partial charge in [0.05, 0.1) is 27.9 Å². The number of aryl methyl sites for hydroxylation is 1. The molecule has 20 heavy (non-hydrogen) atoms. The van der Waals surface area contributed by atoms with Gasteiger partial charge >= 0.3 is 0 Å². The van der Waals surface area contributed by atoms with Gasteiger partial charge in [-0.1, -0.05) is 12.1 Å². The van der Waals surface area contributed by atoms with Crippen LogP contribution in [-0.4, -0.2) is 41.6 Å². The van der Waals surface area contributed by atoms with E-state index in [0.717, 1.165) is 16.9 Å². The number of fused-ring (bicyclic) bond motifs is 1. The molecule has 0 radical (unpaired) electrons. The predicted octanol–water partition coefficient (Wildman–Crippen LogP) is 2.48. The summed E-state index contributed by atoms with van der Waals surface area (Å²) in [7, 11) is 0. The maximum atomic E-state index is 12.2. The minimum Gasteiger partial charge on any atom is -0.375 e. The summed E-state index contributed by atoms with van der Waals surface area (Å²) >= 11 is 1.68. The zero-order valence-corrected chi connectivity index (χ0v) is 12.4. The lowest BCUT2D eigenvalue weighted by atomic mass is 10.2. The van der Waals surface area contributed by atoms with Crippen molar-refractivity contribution >= 4 is 27.5 Å². The number of carbonyl (C=O) groups excluding carboxylic acids is 1. The average molecular weight is 290 g/mol. The Morgan fingerprint density at radius 2 is 2.35 bits per heavy atom. The molecular weight excluding hydrogens is 272 g/mol. The molecule has 0 aliphatic carbocycles. The topological polar surface area (TPSA) is 42.4 Å². The van der Waals surface area contributed by atoms with Crippen LogP contribution in [0.4, 0.5) is 0 Å². The first-order valence-corrected chi connectivity index (χ1v) is 7.78. The summed E-state index contributed by atoms with van der Waals surface area (Å²) in [5.41, 5.74) is 1.03. The molecule has 1 aliphatic rings. The quantitative estimate of drug-likeness (QED) is 0.872. The average Bonchev–Trinajstić information content (AvgIpc) is 2.87. The van der Waals surface area contributed by atoms with E-state index in [0.29, 0.717) is 26.1 Å². The first-order chi connectivity index (χ1) is 9.72. The Kier molecular flexibility index (Phi) is 3.98. The first kappa shape index (κ1) is 13.5. The number of thiazole rings is 1. The molecule has 3 rings (SSSR count). The number of hydrogen-bond acceptors (Lipinski definition) is 4. The maximum Gasteiger partial charge on any atom is 0.223 e. The van der Waals surface area contributed by atoms with Crippen molar-refractivity contribution < 1.29 is 9.53 Å². The number of morpholine rings is 1. The van der Waals surface area contributed by atoms with Gasteiger partial charge in [0, 0.05) is 25.9 Å². The second kappa shape index (κ2) is 5.89. The molecule has 4 nitrogen and oxygen atoms in total. The van der Waals surface area contributed by atoms with E-state index in [1.807, 2.05) is 30.0 Å².